The molecule has 8 heterocycles. The first-order chi connectivity index (χ1) is 46.6. The predicted octanol–water partition coefficient (Wildman–Crippen LogP) is 25.1. The van der Waals surface area contributed by atoms with Crippen LogP contribution in [0, 0.1) is 11.3 Å². The highest BCUT2D eigenvalue weighted by molar-refractivity contribution is 7.26. The van der Waals surface area contributed by atoms with Gasteiger partial charge in [0, 0.05) is 137 Å². The number of fused-ring (bicyclic) bond motifs is 24. The number of benzene rings is 14. The second kappa shape index (κ2) is 18.7. The molecule has 0 aliphatic heterocycles. The molecule has 22 aromatic rings. The molecule has 0 fully saturated rings. The number of nitrogens with zero attached hydrogens (tertiary/aromatic N) is 4. The molecule has 434 valence electrons. The van der Waals surface area contributed by atoms with Gasteiger partial charge in [-0.05, 0) is 84.9 Å². The van der Waals surface area contributed by atoms with Gasteiger partial charge in [-0.15, -0.1) is 34.0 Å². The molecule has 0 unspecified atom stereocenters. The van der Waals surface area contributed by atoms with E-state index in [1.807, 2.05) is 46.1 Å². The maximum Gasteiger partial charge on any atom is 0.143 e. The summed E-state index contributed by atoms with van der Waals surface area (Å²) in [6, 6.07) is 100. The normalized spacial score (nSPS) is 12.5. The molecular formula is C85H44N4O2S3. The molecule has 0 radical (unpaired) electrons. The van der Waals surface area contributed by atoms with E-state index in [0.717, 1.165) is 137 Å². The summed E-state index contributed by atoms with van der Waals surface area (Å²) in [6.07, 6.45) is 0. The van der Waals surface area contributed by atoms with Crippen LogP contribution in [0.1, 0.15) is 5.56 Å². The molecule has 8 aromatic heterocycles. The van der Waals surface area contributed by atoms with Gasteiger partial charge in [0.05, 0.1) is 55.7 Å². The van der Waals surface area contributed by atoms with E-state index >= 15 is 0 Å². The number of furan rings is 2. The molecule has 9 heteroatoms. The number of rotatable bonds is 5. The average molecular weight is 1250 g/mol. The van der Waals surface area contributed by atoms with Crippen molar-refractivity contribution >= 4 is 204 Å². The number of thiophene rings is 3. The highest BCUT2D eigenvalue weighted by Gasteiger charge is 2.36. The van der Waals surface area contributed by atoms with Gasteiger partial charge >= 0.3 is 0 Å². The summed E-state index contributed by atoms with van der Waals surface area (Å²) in [6.45, 7) is 0. The second-order valence-electron chi connectivity index (χ2n) is 24.8. The van der Waals surface area contributed by atoms with Crippen LogP contribution >= 0.6 is 34.0 Å². The molecule has 6 nitrogen and oxygen atoms in total. The SMILES string of the molecule is N#Cc1c(-c2cccc3c2oc2ccccc23)c(-n2c3ccccc3c3cc4sc5ccccc5c4cc32)c(-n2c3ccccc3c3cc4sc5ccccc5c4cc32)c(-n2c3ccccc3c3cc4sc5ccccc5c4cc32)c1-c1cccc2c1oc1ccccc12. The van der Waals surface area contributed by atoms with Gasteiger partial charge in [0.1, 0.15) is 28.4 Å². The van der Waals surface area contributed by atoms with Crippen LogP contribution in [-0.2, 0) is 0 Å². The third-order valence-corrected chi connectivity index (χ3v) is 23.5. The summed E-state index contributed by atoms with van der Waals surface area (Å²) in [4.78, 5) is 0. The minimum absolute atomic E-state index is 0.475. The van der Waals surface area contributed by atoms with Gasteiger partial charge in [-0.3, -0.25) is 0 Å². The summed E-state index contributed by atoms with van der Waals surface area (Å²) in [5, 5.41) is 31.1. The van der Waals surface area contributed by atoms with Gasteiger partial charge in [0.2, 0.25) is 0 Å². The molecule has 0 saturated heterocycles. The van der Waals surface area contributed by atoms with Gasteiger partial charge < -0.3 is 22.5 Å². The number of nitriles is 1. The van der Waals surface area contributed by atoms with Crippen molar-refractivity contribution < 1.29 is 8.83 Å². The topological polar surface area (TPSA) is 64.9 Å². The van der Waals surface area contributed by atoms with Crippen molar-refractivity contribution in [2.45, 2.75) is 0 Å². The minimum atomic E-state index is 0.475. The zero-order valence-electron chi connectivity index (χ0n) is 49.7. The summed E-state index contributed by atoms with van der Waals surface area (Å²) in [7, 11) is 0. The maximum absolute atomic E-state index is 13.3. The van der Waals surface area contributed by atoms with Crippen molar-refractivity contribution in [3.05, 3.63) is 272 Å². The average Bonchev–Trinajstić information content (AvgIpc) is 1.45. The van der Waals surface area contributed by atoms with Crippen molar-refractivity contribution in [2.24, 2.45) is 0 Å². The molecule has 0 aliphatic rings. The summed E-state index contributed by atoms with van der Waals surface area (Å²) < 4.78 is 29.6. The molecule has 94 heavy (non-hydrogen) atoms. The Balaban J connectivity index is 1.08. The monoisotopic (exact) mass is 1250 g/mol. The van der Waals surface area contributed by atoms with E-state index in [2.05, 4.69) is 275 Å². The fourth-order valence-corrected chi connectivity index (χ4v) is 19.5. The van der Waals surface area contributed by atoms with Crippen LogP contribution in [0.3, 0.4) is 0 Å². The van der Waals surface area contributed by atoms with Crippen molar-refractivity contribution in [3.8, 4) is 45.4 Å². The van der Waals surface area contributed by atoms with Crippen LogP contribution < -0.4 is 0 Å². The maximum atomic E-state index is 13.3. The van der Waals surface area contributed by atoms with E-state index in [1.54, 1.807) is 0 Å². The number of hydrogen-bond acceptors (Lipinski definition) is 6. The van der Waals surface area contributed by atoms with E-state index in [1.165, 1.54) is 60.5 Å². The fourth-order valence-electron chi connectivity index (χ4n) is 16.2. The molecule has 0 amide bonds. The lowest BCUT2D eigenvalue weighted by atomic mass is 9.86. The Bertz CT molecular complexity index is 6880. The van der Waals surface area contributed by atoms with Crippen LogP contribution in [0.5, 0.6) is 0 Å². The van der Waals surface area contributed by atoms with E-state index in [4.69, 9.17) is 8.83 Å². The standard InChI is InChI=1S/C85H44N4O2S3/c86-45-64-79(56-29-17-27-54-49-22-4-12-34-71(49)90-84(54)56)81(87-65-31-9-1-19-46(65)58-42-76-61(39-68(58)87)51-24-6-14-36-73(51)92-76)83(89-67-33-11-3-21-48(67)60-44-78-63(41-70(60)89)53-26-8-16-38-75(53)94-78)82(80(64)57-30-18-28-55-50-23-5-13-35-72(50)91-85(55)57)88-66-32-10-2-20-47(66)59-43-77-62(40-69(59)88)52-25-7-15-37-74(52)93-77/h1-44H. The summed E-state index contributed by atoms with van der Waals surface area (Å²) in [5.41, 5.74) is 15.1. The second-order valence-corrected chi connectivity index (χ2v) is 28.0. The van der Waals surface area contributed by atoms with E-state index in [0.29, 0.717) is 16.7 Å². The van der Waals surface area contributed by atoms with Crippen molar-refractivity contribution in [3.63, 3.8) is 0 Å². The van der Waals surface area contributed by atoms with Gasteiger partial charge in [-0.2, -0.15) is 5.26 Å². The molecule has 0 saturated carbocycles. The lowest BCUT2D eigenvalue weighted by molar-refractivity contribution is 0.670. The van der Waals surface area contributed by atoms with Crippen LogP contribution in [-0.4, -0.2) is 13.7 Å². The fraction of sp³-hybridized carbons (Fsp3) is 0. The highest BCUT2D eigenvalue weighted by atomic mass is 32.1. The third-order valence-electron chi connectivity index (χ3n) is 20.1. The van der Waals surface area contributed by atoms with Crippen LogP contribution in [0.15, 0.2) is 276 Å². The van der Waals surface area contributed by atoms with Crippen molar-refractivity contribution in [1.82, 2.24) is 13.7 Å². The number of para-hydroxylation sites is 7. The molecule has 0 bridgehead atoms. The first-order valence-electron chi connectivity index (χ1n) is 31.6. The van der Waals surface area contributed by atoms with E-state index < -0.39 is 0 Å². The Morgan fingerprint density at radius 3 is 0.957 bits per heavy atom. The smallest absolute Gasteiger partial charge is 0.143 e. The molecule has 0 atom stereocenters. The molecule has 0 spiro atoms. The zero-order chi connectivity index (χ0) is 61.2. The largest absolute Gasteiger partial charge is 0.455 e. The Hall–Kier alpha value is -11.8. The van der Waals surface area contributed by atoms with Gasteiger partial charge in [-0.25, -0.2) is 0 Å². The van der Waals surface area contributed by atoms with Gasteiger partial charge in [0.15, 0.2) is 0 Å². The Morgan fingerprint density at radius 2 is 0.574 bits per heavy atom. The van der Waals surface area contributed by atoms with Gasteiger partial charge in [0.25, 0.3) is 0 Å². The summed E-state index contributed by atoms with van der Waals surface area (Å²) in [5.74, 6) is 0. The highest BCUT2D eigenvalue weighted by Crippen LogP contribution is 2.56. The number of aromatic nitrogens is 3. The van der Waals surface area contributed by atoms with Gasteiger partial charge in [-0.1, -0.05) is 182 Å². The molecule has 14 aromatic carbocycles. The van der Waals surface area contributed by atoms with E-state index in [-0.39, 0.29) is 0 Å². The first kappa shape index (κ1) is 50.9. The summed E-state index contributed by atoms with van der Waals surface area (Å²) >= 11 is 5.51. The van der Waals surface area contributed by atoms with Crippen molar-refractivity contribution in [1.29, 1.82) is 5.26 Å². The Morgan fingerprint density at radius 1 is 0.255 bits per heavy atom. The Kier molecular flexibility index (Phi) is 10.1. The predicted molar refractivity (Wildman–Crippen MR) is 398 cm³/mol. The quantitative estimate of drug-likeness (QED) is 0.172. The lowest BCUT2D eigenvalue weighted by Crippen LogP contribution is -2.14. The first-order valence-corrected chi connectivity index (χ1v) is 34.0. The number of hydrogen-bond donors (Lipinski definition) is 0. The molecular weight excluding hydrogens is 1210 g/mol. The van der Waals surface area contributed by atoms with Crippen molar-refractivity contribution in [2.75, 3.05) is 0 Å². The molecule has 0 N–H and O–H groups in total. The molecule has 22 rings (SSSR count). The van der Waals surface area contributed by atoms with Crippen LogP contribution in [0.2, 0.25) is 0 Å². The van der Waals surface area contributed by atoms with Crippen LogP contribution in [0.25, 0.3) is 209 Å². The van der Waals surface area contributed by atoms with Crippen LogP contribution in [0.4, 0.5) is 0 Å². The Labute approximate surface area is 545 Å². The molecule has 0 aliphatic carbocycles. The van der Waals surface area contributed by atoms with E-state index in [9.17, 15) is 5.26 Å². The third kappa shape index (κ3) is 6.70. The lowest BCUT2D eigenvalue weighted by Gasteiger charge is -2.29. The zero-order valence-corrected chi connectivity index (χ0v) is 52.2. The minimum Gasteiger partial charge on any atom is -0.455 e.